The molecule has 0 heterocycles. The van der Waals surface area contributed by atoms with E-state index in [0.29, 0.717) is 5.39 Å². The van der Waals surface area contributed by atoms with Gasteiger partial charge in [-0.05, 0) is 40.4 Å². The second-order valence-corrected chi connectivity index (χ2v) is 5.46. The van der Waals surface area contributed by atoms with Crippen molar-refractivity contribution in [3.05, 3.63) is 84.7 Å². The summed E-state index contributed by atoms with van der Waals surface area (Å²) < 4.78 is 13.5. The summed E-state index contributed by atoms with van der Waals surface area (Å²) in [6.07, 6.45) is 0. The molecule has 24 heavy (non-hydrogen) atoms. The monoisotopic (exact) mass is 319 g/mol. The molecular formula is C21H18FNO. The van der Waals surface area contributed by atoms with Crippen LogP contribution in [-0.2, 0) is 0 Å². The van der Waals surface area contributed by atoms with Crippen molar-refractivity contribution in [2.75, 3.05) is 12.4 Å². The Morgan fingerprint density at radius 2 is 1.33 bits per heavy atom. The van der Waals surface area contributed by atoms with Crippen LogP contribution < -0.4 is 5.32 Å². The van der Waals surface area contributed by atoms with E-state index in [1.807, 2.05) is 6.07 Å². The van der Waals surface area contributed by atoms with Gasteiger partial charge in [0.1, 0.15) is 11.6 Å². The van der Waals surface area contributed by atoms with Crippen LogP contribution in [0.25, 0.3) is 21.5 Å². The highest BCUT2D eigenvalue weighted by atomic mass is 19.1. The van der Waals surface area contributed by atoms with Crippen LogP contribution in [0.5, 0.6) is 5.75 Å². The van der Waals surface area contributed by atoms with Gasteiger partial charge in [-0.2, -0.15) is 0 Å². The summed E-state index contributed by atoms with van der Waals surface area (Å²) in [6.45, 7) is 0. The molecule has 0 saturated carbocycles. The van der Waals surface area contributed by atoms with Gasteiger partial charge in [0.05, 0.1) is 0 Å². The molecule has 0 spiro atoms. The Morgan fingerprint density at radius 1 is 0.750 bits per heavy atom. The third kappa shape index (κ3) is 3.46. The maximum Gasteiger partial charge on any atom is 0.133 e. The van der Waals surface area contributed by atoms with E-state index < -0.39 is 0 Å². The fraction of sp³-hybridized carbons (Fsp3) is 0.0476. The molecule has 0 bridgehead atoms. The van der Waals surface area contributed by atoms with Crippen LogP contribution in [0, 0.1) is 5.82 Å². The average molecular weight is 319 g/mol. The van der Waals surface area contributed by atoms with E-state index in [1.54, 1.807) is 19.2 Å². The Kier molecular flexibility index (Phi) is 4.62. The molecule has 3 heteroatoms. The summed E-state index contributed by atoms with van der Waals surface area (Å²) in [5.41, 5.74) is 0.723. The van der Waals surface area contributed by atoms with Crippen molar-refractivity contribution < 1.29 is 9.50 Å². The van der Waals surface area contributed by atoms with Gasteiger partial charge in [0.15, 0.2) is 0 Å². The van der Waals surface area contributed by atoms with Crippen LogP contribution >= 0.6 is 0 Å². The first-order valence-corrected chi connectivity index (χ1v) is 7.71. The lowest BCUT2D eigenvalue weighted by Gasteiger charge is -2.04. The number of phenolic OH excluding ortho intramolecular Hbond substituents is 1. The highest BCUT2D eigenvalue weighted by molar-refractivity contribution is 5.87. The van der Waals surface area contributed by atoms with Crippen molar-refractivity contribution in [2.24, 2.45) is 0 Å². The van der Waals surface area contributed by atoms with Crippen LogP contribution in [-0.4, -0.2) is 12.2 Å². The molecule has 4 aromatic carbocycles. The Hall–Kier alpha value is -3.07. The van der Waals surface area contributed by atoms with Crippen LogP contribution in [0.1, 0.15) is 0 Å². The lowest BCUT2D eigenvalue weighted by Crippen LogP contribution is -1.89. The third-order valence-electron chi connectivity index (χ3n) is 3.83. The molecule has 0 aliphatic carbocycles. The summed E-state index contributed by atoms with van der Waals surface area (Å²) in [5, 5.41) is 15.9. The molecule has 0 fully saturated rings. The highest BCUT2D eigenvalue weighted by Crippen LogP contribution is 2.25. The van der Waals surface area contributed by atoms with E-state index >= 15 is 0 Å². The van der Waals surface area contributed by atoms with E-state index in [2.05, 4.69) is 53.8 Å². The fourth-order valence-corrected chi connectivity index (χ4v) is 2.58. The number of halogens is 1. The zero-order valence-electron chi connectivity index (χ0n) is 13.3. The van der Waals surface area contributed by atoms with Crippen LogP contribution in [0.3, 0.4) is 0 Å². The van der Waals surface area contributed by atoms with Gasteiger partial charge >= 0.3 is 0 Å². The number of hydrogen-bond donors (Lipinski definition) is 2. The first-order chi connectivity index (χ1) is 11.7. The number of benzene rings is 4. The van der Waals surface area contributed by atoms with Gasteiger partial charge in [0, 0.05) is 18.1 Å². The van der Waals surface area contributed by atoms with Gasteiger partial charge in [0.25, 0.3) is 0 Å². The largest absolute Gasteiger partial charge is 0.508 e. The van der Waals surface area contributed by atoms with Crippen LogP contribution in [0.4, 0.5) is 10.1 Å². The standard InChI is InChI=1S/C11H10FNO.C10H8/c1-13-8-4-7-2-3-9(14)6-10(7)11(12)5-8;1-2-6-10-8-4-3-7-9(10)5-1/h2-6,13-14H,1H3;1-8H. The summed E-state index contributed by atoms with van der Waals surface area (Å²) in [6, 6.07) is 24.6. The smallest absolute Gasteiger partial charge is 0.133 e. The molecule has 0 atom stereocenters. The van der Waals surface area contributed by atoms with Gasteiger partial charge in [-0.15, -0.1) is 0 Å². The first kappa shape index (κ1) is 15.8. The number of anilines is 1. The van der Waals surface area contributed by atoms with E-state index in [-0.39, 0.29) is 11.6 Å². The molecule has 0 aliphatic rings. The molecule has 4 aromatic rings. The van der Waals surface area contributed by atoms with Crippen molar-refractivity contribution in [1.82, 2.24) is 0 Å². The Morgan fingerprint density at radius 3 is 1.88 bits per heavy atom. The number of rotatable bonds is 1. The van der Waals surface area contributed by atoms with Gasteiger partial charge in [-0.3, -0.25) is 0 Å². The number of nitrogens with one attached hydrogen (secondary N) is 1. The molecule has 0 aliphatic heterocycles. The Balaban J connectivity index is 0.000000149. The van der Waals surface area contributed by atoms with Gasteiger partial charge < -0.3 is 10.4 Å². The second kappa shape index (κ2) is 7.01. The normalized spacial score (nSPS) is 10.2. The minimum absolute atomic E-state index is 0.0774. The summed E-state index contributed by atoms with van der Waals surface area (Å²) in [5.74, 6) is -0.253. The van der Waals surface area contributed by atoms with Gasteiger partial charge in [0.2, 0.25) is 0 Å². The highest BCUT2D eigenvalue weighted by Gasteiger charge is 2.03. The minimum atomic E-state index is -0.331. The zero-order chi connectivity index (χ0) is 16.9. The maximum absolute atomic E-state index is 13.5. The molecule has 0 aromatic heterocycles. The summed E-state index contributed by atoms with van der Waals surface area (Å²) in [7, 11) is 1.74. The van der Waals surface area contributed by atoms with E-state index in [4.69, 9.17) is 0 Å². The van der Waals surface area contributed by atoms with Crippen molar-refractivity contribution >= 4 is 27.2 Å². The predicted octanol–water partition coefficient (Wildman–Crippen LogP) is 5.57. The van der Waals surface area contributed by atoms with Crippen molar-refractivity contribution in [1.29, 1.82) is 0 Å². The average Bonchev–Trinajstić information content (AvgIpc) is 2.63. The Bertz CT molecular complexity index is 916. The van der Waals surface area contributed by atoms with Gasteiger partial charge in [-0.1, -0.05) is 54.6 Å². The molecule has 4 rings (SSSR count). The van der Waals surface area contributed by atoms with Crippen molar-refractivity contribution in [2.45, 2.75) is 0 Å². The SMILES string of the molecule is CNc1cc(F)c2cc(O)ccc2c1.c1ccc2ccccc2c1. The van der Waals surface area contributed by atoms with Crippen molar-refractivity contribution in [3.63, 3.8) is 0 Å². The number of aromatic hydroxyl groups is 1. The molecule has 0 unspecified atom stereocenters. The second-order valence-electron chi connectivity index (χ2n) is 5.46. The number of phenols is 1. The molecule has 0 amide bonds. The lowest BCUT2D eigenvalue weighted by atomic mass is 10.1. The quantitative estimate of drug-likeness (QED) is 0.481. The fourth-order valence-electron chi connectivity index (χ4n) is 2.58. The summed E-state index contributed by atoms with van der Waals surface area (Å²) >= 11 is 0. The predicted molar refractivity (Wildman–Crippen MR) is 99.1 cm³/mol. The van der Waals surface area contributed by atoms with E-state index in [0.717, 1.165) is 11.1 Å². The molecule has 0 saturated heterocycles. The molecule has 120 valence electrons. The van der Waals surface area contributed by atoms with E-state index in [1.165, 1.54) is 22.9 Å². The summed E-state index contributed by atoms with van der Waals surface area (Å²) in [4.78, 5) is 0. The molecule has 2 N–H and O–H groups in total. The number of fused-ring (bicyclic) bond motifs is 2. The first-order valence-electron chi connectivity index (χ1n) is 7.71. The van der Waals surface area contributed by atoms with E-state index in [9.17, 15) is 9.50 Å². The van der Waals surface area contributed by atoms with Crippen LogP contribution in [0.15, 0.2) is 78.9 Å². The molecule has 2 nitrogen and oxygen atoms in total. The zero-order valence-corrected chi connectivity index (χ0v) is 13.3. The Labute approximate surface area is 140 Å². The third-order valence-corrected chi connectivity index (χ3v) is 3.83. The minimum Gasteiger partial charge on any atom is -0.508 e. The lowest BCUT2D eigenvalue weighted by molar-refractivity contribution is 0.476. The topological polar surface area (TPSA) is 32.3 Å². The molecule has 0 radical (unpaired) electrons. The van der Waals surface area contributed by atoms with Gasteiger partial charge in [-0.25, -0.2) is 4.39 Å². The number of hydrogen-bond acceptors (Lipinski definition) is 2. The van der Waals surface area contributed by atoms with Crippen molar-refractivity contribution in [3.8, 4) is 5.75 Å². The molecular weight excluding hydrogens is 301 g/mol. The van der Waals surface area contributed by atoms with Crippen LogP contribution in [0.2, 0.25) is 0 Å². The maximum atomic E-state index is 13.5.